The zero-order valence-corrected chi connectivity index (χ0v) is 13.0. The molecule has 21 heavy (non-hydrogen) atoms. The van der Waals surface area contributed by atoms with Crippen LogP contribution >= 0.6 is 0 Å². The predicted molar refractivity (Wildman–Crippen MR) is 90.7 cm³/mol. The standard InChI is InChI=1S/C19H22N2/c1-14-8-4-5-9-15(14)19-17(12-13-21(2)3)16-10-6-7-11-18(16)20-19/h4-11,20H,12-13H2,1-3H3. The van der Waals surface area contributed by atoms with Gasteiger partial charge < -0.3 is 9.88 Å². The first-order valence-corrected chi connectivity index (χ1v) is 7.47. The lowest BCUT2D eigenvalue weighted by molar-refractivity contribution is 0.414. The molecule has 3 aromatic rings. The lowest BCUT2D eigenvalue weighted by Gasteiger charge is -2.11. The van der Waals surface area contributed by atoms with Crippen LogP contribution in [-0.4, -0.2) is 30.5 Å². The number of aryl methyl sites for hydroxylation is 1. The van der Waals surface area contributed by atoms with Gasteiger partial charge >= 0.3 is 0 Å². The van der Waals surface area contributed by atoms with Crippen molar-refractivity contribution in [2.45, 2.75) is 13.3 Å². The molecule has 0 fully saturated rings. The second kappa shape index (κ2) is 5.74. The molecule has 0 saturated heterocycles. The predicted octanol–water partition coefficient (Wildman–Crippen LogP) is 4.25. The van der Waals surface area contributed by atoms with Crippen LogP contribution in [0, 0.1) is 6.92 Å². The highest BCUT2D eigenvalue weighted by molar-refractivity contribution is 5.91. The summed E-state index contributed by atoms with van der Waals surface area (Å²) in [5, 5.41) is 1.35. The van der Waals surface area contributed by atoms with Gasteiger partial charge in [0.1, 0.15) is 0 Å². The maximum atomic E-state index is 3.63. The summed E-state index contributed by atoms with van der Waals surface area (Å²) in [5.41, 5.74) is 6.55. The normalized spacial score (nSPS) is 11.4. The molecule has 0 saturated carbocycles. The minimum absolute atomic E-state index is 1.06. The van der Waals surface area contributed by atoms with E-state index in [0.29, 0.717) is 0 Å². The van der Waals surface area contributed by atoms with Crippen LogP contribution in [0.4, 0.5) is 0 Å². The fourth-order valence-electron chi connectivity index (χ4n) is 2.88. The van der Waals surface area contributed by atoms with Crippen LogP contribution in [0.5, 0.6) is 0 Å². The molecule has 2 heteroatoms. The molecule has 0 spiro atoms. The first kappa shape index (κ1) is 13.9. The number of hydrogen-bond donors (Lipinski definition) is 1. The van der Waals surface area contributed by atoms with Gasteiger partial charge in [-0.2, -0.15) is 0 Å². The second-order valence-electron chi connectivity index (χ2n) is 5.89. The van der Waals surface area contributed by atoms with E-state index >= 15 is 0 Å². The highest BCUT2D eigenvalue weighted by atomic mass is 15.0. The van der Waals surface area contributed by atoms with Crippen molar-refractivity contribution >= 4 is 10.9 Å². The Morgan fingerprint density at radius 1 is 0.952 bits per heavy atom. The Balaban J connectivity index is 2.17. The third-order valence-electron chi connectivity index (χ3n) is 4.04. The summed E-state index contributed by atoms with van der Waals surface area (Å²) in [7, 11) is 4.25. The number of aromatic nitrogens is 1. The summed E-state index contributed by atoms with van der Waals surface area (Å²) >= 11 is 0. The van der Waals surface area contributed by atoms with Gasteiger partial charge in [0.2, 0.25) is 0 Å². The van der Waals surface area contributed by atoms with E-state index in [1.807, 2.05) is 0 Å². The van der Waals surface area contributed by atoms with Crippen molar-refractivity contribution in [3.05, 3.63) is 59.7 Å². The van der Waals surface area contributed by atoms with Gasteiger partial charge in [-0.15, -0.1) is 0 Å². The minimum Gasteiger partial charge on any atom is -0.354 e. The van der Waals surface area contributed by atoms with E-state index in [-0.39, 0.29) is 0 Å². The van der Waals surface area contributed by atoms with E-state index in [4.69, 9.17) is 0 Å². The van der Waals surface area contributed by atoms with Crippen LogP contribution < -0.4 is 0 Å². The van der Waals surface area contributed by atoms with Gasteiger partial charge in [-0.25, -0.2) is 0 Å². The molecule has 0 amide bonds. The van der Waals surface area contributed by atoms with Crippen molar-refractivity contribution in [1.82, 2.24) is 9.88 Å². The quantitative estimate of drug-likeness (QED) is 0.756. The molecule has 0 aliphatic heterocycles. The average Bonchev–Trinajstić information content (AvgIpc) is 2.84. The molecule has 0 unspecified atom stereocenters. The molecule has 108 valence electrons. The molecule has 1 heterocycles. The lowest BCUT2D eigenvalue weighted by Crippen LogP contribution is -2.15. The average molecular weight is 278 g/mol. The van der Waals surface area contributed by atoms with Crippen molar-refractivity contribution in [1.29, 1.82) is 0 Å². The summed E-state index contributed by atoms with van der Waals surface area (Å²) in [5.74, 6) is 0. The van der Waals surface area contributed by atoms with Crippen LogP contribution in [0.2, 0.25) is 0 Å². The van der Waals surface area contributed by atoms with Crippen LogP contribution in [0.1, 0.15) is 11.1 Å². The zero-order chi connectivity index (χ0) is 14.8. The molecular weight excluding hydrogens is 256 g/mol. The van der Waals surface area contributed by atoms with E-state index in [2.05, 4.69) is 79.4 Å². The number of nitrogens with zero attached hydrogens (tertiary/aromatic N) is 1. The van der Waals surface area contributed by atoms with Gasteiger partial charge in [-0.3, -0.25) is 0 Å². The van der Waals surface area contributed by atoms with E-state index < -0.39 is 0 Å². The zero-order valence-electron chi connectivity index (χ0n) is 13.0. The number of benzene rings is 2. The summed E-state index contributed by atoms with van der Waals surface area (Å²) in [6.45, 7) is 3.23. The maximum absolute atomic E-state index is 3.63. The Morgan fingerprint density at radius 2 is 1.67 bits per heavy atom. The Kier molecular flexibility index (Phi) is 3.80. The van der Waals surface area contributed by atoms with Crippen LogP contribution in [0.15, 0.2) is 48.5 Å². The highest BCUT2D eigenvalue weighted by Gasteiger charge is 2.14. The summed E-state index contributed by atoms with van der Waals surface area (Å²) in [4.78, 5) is 5.87. The van der Waals surface area contributed by atoms with Gasteiger partial charge in [0.15, 0.2) is 0 Å². The monoisotopic (exact) mass is 278 g/mol. The van der Waals surface area contributed by atoms with E-state index in [9.17, 15) is 0 Å². The number of likely N-dealkylation sites (N-methyl/N-ethyl adjacent to an activating group) is 1. The third-order valence-corrected chi connectivity index (χ3v) is 4.04. The first-order chi connectivity index (χ1) is 10.2. The fraction of sp³-hybridized carbons (Fsp3) is 0.263. The largest absolute Gasteiger partial charge is 0.354 e. The van der Waals surface area contributed by atoms with Crippen molar-refractivity contribution < 1.29 is 0 Å². The second-order valence-corrected chi connectivity index (χ2v) is 5.89. The van der Waals surface area contributed by atoms with Gasteiger partial charge in [0.25, 0.3) is 0 Å². The summed E-state index contributed by atoms with van der Waals surface area (Å²) in [6, 6.07) is 17.2. The molecule has 2 aromatic carbocycles. The molecule has 0 aliphatic carbocycles. The fourth-order valence-corrected chi connectivity index (χ4v) is 2.88. The first-order valence-electron chi connectivity index (χ1n) is 7.47. The lowest BCUT2D eigenvalue weighted by atomic mass is 9.99. The van der Waals surface area contributed by atoms with E-state index in [1.54, 1.807) is 0 Å². The Bertz CT molecular complexity index is 753. The Labute approximate surface area is 126 Å². The molecule has 3 rings (SSSR count). The molecule has 1 aromatic heterocycles. The molecule has 1 N–H and O–H groups in total. The maximum Gasteiger partial charge on any atom is 0.0500 e. The minimum atomic E-state index is 1.06. The topological polar surface area (TPSA) is 19.0 Å². The van der Waals surface area contributed by atoms with E-state index in [1.165, 1.54) is 33.3 Å². The number of H-pyrrole nitrogens is 1. The number of nitrogens with one attached hydrogen (secondary N) is 1. The molecule has 0 atom stereocenters. The number of fused-ring (bicyclic) bond motifs is 1. The number of para-hydroxylation sites is 1. The molecule has 0 bridgehead atoms. The van der Waals surface area contributed by atoms with Crippen molar-refractivity contribution in [2.75, 3.05) is 20.6 Å². The van der Waals surface area contributed by atoms with E-state index in [0.717, 1.165) is 13.0 Å². The van der Waals surface area contributed by atoms with Crippen molar-refractivity contribution in [3.8, 4) is 11.3 Å². The molecule has 2 nitrogen and oxygen atoms in total. The summed E-state index contributed by atoms with van der Waals surface area (Å²) in [6.07, 6.45) is 1.06. The van der Waals surface area contributed by atoms with Crippen LogP contribution in [0.25, 0.3) is 22.2 Å². The number of hydrogen-bond acceptors (Lipinski definition) is 1. The Hall–Kier alpha value is -2.06. The molecule has 0 aliphatic rings. The van der Waals surface area contributed by atoms with Crippen molar-refractivity contribution in [3.63, 3.8) is 0 Å². The highest BCUT2D eigenvalue weighted by Crippen LogP contribution is 2.32. The van der Waals surface area contributed by atoms with Crippen molar-refractivity contribution in [2.24, 2.45) is 0 Å². The van der Waals surface area contributed by atoms with Gasteiger partial charge in [0.05, 0.1) is 5.69 Å². The smallest absolute Gasteiger partial charge is 0.0500 e. The molecule has 0 radical (unpaired) electrons. The van der Waals surface area contributed by atoms with Crippen LogP contribution in [-0.2, 0) is 6.42 Å². The van der Waals surface area contributed by atoms with Gasteiger partial charge in [-0.1, -0.05) is 42.5 Å². The molecular formula is C19H22N2. The third kappa shape index (κ3) is 2.72. The van der Waals surface area contributed by atoms with Gasteiger partial charge in [0, 0.05) is 23.0 Å². The Morgan fingerprint density at radius 3 is 2.43 bits per heavy atom. The number of rotatable bonds is 4. The SMILES string of the molecule is Cc1ccccc1-c1[nH]c2ccccc2c1CCN(C)C. The summed E-state index contributed by atoms with van der Waals surface area (Å²) < 4.78 is 0. The van der Waals surface area contributed by atoms with Gasteiger partial charge in [-0.05, 0) is 44.6 Å². The number of aromatic amines is 1. The van der Waals surface area contributed by atoms with Crippen LogP contribution in [0.3, 0.4) is 0 Å².